The minimum absolute atomic E-state index is 0.150. The van der Waals surface area contributed by atoms with Crippen molar-refractivity contribution in [3.63, 3.8) is 0 Å². The number of carbonyl (C=O) groups is 2. The largest absolute Gasteiger partial charge is 0.493 e. The van der Waals surface area contributed by atoms with Crippen LogP contribution in [0.2, 0.25) is 0 Å². The molecule has 1 N–H and O–H groups in total. The van der Waals surface area contributed by atoms with E-state index >= 15 is 0 Å². The number of hydrogen-bond acceptors (Lipinski definition) is 6. The van der Waals surface area contributed by atoms with E-state index in [4.69, 9.17) is 9.47 Å². The molecule has 0 fully saturated rings. The van der Waals surface area contributed by atoms with Crippen LogP contribution in [-0.4, -0.2) is 42.0 Å². The number of benzene rings is 2. The first kappa shape index (κ1) is 20.1. The highest BCUT2D eigenvalue weighted by Crippen LogP contribution is 2.30. The Balaban J connectivity index is 1.81. The minimum Gasteiger partial charge on any atom is -0.493 e. The fraction of sp³-hybridized carbons (Fsp3) is 0.238. The Morgan fingerprint density at radius 1 is 1.07 bits per heavy atom. The van der Waals surface area contributed by atoms with E-state index in [-0.39, 0.29) is 24.4 Å². The van der Waals surface area contributed by atoms with Crippen LogP contribution in [0.1, 0.15) is 16.2 Å². The average Bonchev–Trinajstić information content (AvgIpc) is 2.74. The van der Waals surface area contributed by atoms with E-state index in [0.29, 0.717) is 33.8 Å². The number of ketones is 1. The Bertz CT molecular complexity index is 1120. The second-order valence-electron chi connectivity index (χ2n) is 6.34. The molecular formula is C21H21N3O5. The van der Waals surface area contributed by atoms with Crippen molar-refractivity contribution in [1.29, 1.82) is 0 Å². The van der Waals surface area contributed by atoms with Crippen LogP contribution in [0.5, 0.6) is 11.5 Å². The Labute approximate surface area is 167 Å². The third-order valence-corrected chi connectivity index (χ3v) is 4.49. The molecule has 1 aromatic heterocycles. The van der Waals surface area contributed by atoms with Gasteiger partial charge in [-0.05, 0) is 13.0 Å². The van der Waals surface area contributed by atoms with Crippen molar-refractivity contribution in [3.05, 3.63) is 64.2 Å². The van der Waals surface area contributed by atoms with Crippen molar-refractivity contribution in [1.82, 2.24) is 14.9 Å². The molecule has 150 valence electrons. The fourth-order valence-corrected chi connectivity index (χ4v) is 2.95. The lowest BCUT2D eigenvalue weighted by atomic mass is 10.1. The fourth-order valence-electron chi connectivity index (χ4n) is 2.95. The number of ether oxygens (including phenoxy) is 2. The number of hydrogen-bond donors (Lipinski definition) is 1. The standard InChI is InChI=1S/C21H21N3O5/c1-13-23-16-10-19(29-3)18(28-2)9-15(16)21(27)24(13)12-20(26)22-11-17(25)14-7-5-4-6-8-14/h4-10H,11-12H2,1-3H3,(H,22,26). The molecule has 8 heteroatoms. The normalized spacial score (nSPS) is 10.6. The van der Waals surface area contributed by atoms with Gasteiger partial charge < -0.3 is 14.8 Å². The molecule has 0 radical (unpaired) electrons. The van der Waals surface area contributed by atoms with Crippen molar-refractivity contribution in [3.8, 4) is 11.5 Å². The van der Waals surface area contributed by atoms with Crippen LogP contribution in [0.3, 0.4) is 0 Å². The van der Waals surface area contributed by atoms with E-state index in [1.54, 1.807) is 37.3 Å². The molecule has 3 rings (SSSR count). The average molecular weight is 395 g/mol. The van der Waals surface area contributed by atoms with Gasteiger partial charge in [-0.3, -0.25) is 19.0 Å². The number of Topliss-reactive ketones (excluding diaryl/α,β-unsaturated/α-hetero) is 1. The minimum atomic E-state index is -0.457. The lowest BCUT2D eigenvalue weighted by molar-refractivity contribution is -0.121. The maximum absolute atomic E-state index is 12.9. The molecule has 0 unspecified atom stereocenters. The second kappa shape index (κ2) is 8.55. The van der Waals surface area contributed by atoms with Gasteiger partial charge in [-0.15, -0.1) is 0 Å². The maximum Gasteiger partial charge on any atom is 0.262 e. The summed E-state index contributed by atoms with van der Waals surface area (Å²) in [7, 11) is 2.97. The van der Waals surface area contributed by atoms with Crippen molar-refractivity contribution in [2.45, 2.75) is 13.5 Å². The van der Waals surface area contributed by atoms with Crippen LogP contribution >= 0.6 is 0 Å². The smallest absolute Gasteiger partial charge is 0.262 e. The first-order chi connectivity index (χ1) is 13.9. The number of carbonyl (C=O) groups excluding carboxylic acids is 2. The number of nitrogens with zero attached hydrogens (tertiary/aromatic N) is 2. The topological polar surface area (TPSA) is 99.5 Å². The van der Waals surface area contributed by atoms with Crippen LogP contribution in [0, 0.1) is 6.92 Å². The summed E-state index contributed by atoms with van der Waals surface area (Å²) < 4.78 is 11.7. The van der Waals surface area contributed by atoms with E-state index < -0.39 is 5.91 Å². The van der Waals surface area contributed by atoms with Gasteiger partial charge in [0.1, 0.15) is 12.4 Å². The summed E-state index contributed by atoms with van der Waals surface area (Å²) in [4.78, 5) is 41.7. The molecule has 0 saturated heterocycles. The van der Waals surface area contributed by atoms with Crippen molar-refractivity contribution < 1.29 is 19.1 Å². The number of methoxy groups -OCH3 is 2. The van der Waals surface area contributed by atoms with Crippen molar-refractivity contribution >= 4 is 22.6 Å². The molecule has 3 aromatic rings. The molecule has 0 saturated carbocycles. The van der Waals surface area contributed by atoms with Gasteiger partial charge in [0, 0.05) is 11.6 Å². The molecule has 1 amide bonds. The highest BCUT2D eigenvalue weighted by Gasteiger charge is 2.15. The van der Waals surface area contributed by atoms with Gasteiger partial charge >= 0.3 is 0 Å². The van der Waals surface area contributed by atoms with Gasteiger partial charge in [-0.2, -0.15) is 0 Å². The number of nitrogens with one attached hydrogen (secondary N) is 1. The highest BCUT2D eigenvalue weighted by atomic mass is 16.5. The van der Waals surface area contributed by atoms with Crippen LogP contribution in [-0.2, 0) is 11.3 Å². The predicted octanol–water partition coefficient (Wildman–Crippen LogP) is 1.72. The maximum atomic E-state index is 12.9. The summed E-state index contributed by atoms with van der Waals surface area (Å²) in [5.41, 5.74) is 0.577. The third kappa shape index (κ3) is 4.26. The lowest BCUT2D eigenvalue weighted by Gasteiger charge is -2.13. The second-order valence-corrected chi connectivity index (χ2v) is 6.34. The molecule has 0 aliphatic carbocycles. The van der Waals surface area contributed by atoms with Crippen molar-refractivity contribution in [2.75, 3.05) is 20.8 Å². The van der Waals surface area contributed by atoms with Gasteiger partial charge in [-0.1, -0.05) is 30.3 Å². The molecule has 8 nitrogen and oxygen atoms in total. The van der Waals surface area contributed by atoms with E-state index in [2.05, 4.69) is 10.3 Å². The van der Waals surface area contributed by atoms with E-state index in [9.17, 15) is 14.4 Å². The van der Waals surface area contributed by atoms with Crippen molar-refractivity contribution in [2.24, 2.45) is 0 Å². The van der Waals surface area contributed by atoms with E-state index in [1.165, 1.54) is 24.9 Å². The monoisotopic (exact) mass is 395 g/mol. The quantitative estimate of drug-likeness (QED) is 0.612. The Morgan fingerprint density at radius 2 is 1.72 bits per heavy atom. The Kier molecular flexibility index (Phi) is 5.92. The van der Waals surface area contributed by atoms with Gasteiger partial charge in [0.2, 0.25) is 5.91 Å². The zero-order chi connectivity index (χ0) is 21.0. The molecule has 0 aliphatic heterocycles. The zero-order valence-electron chi connectivity index (χ0n) is 16.4. The lowest BCUT2D eigenvalue weighted by Crippen LogP contribution is -2.36. The Morgan fingerprint density at radius 3 is 2.38 bits per heavy atom. The first-order valence-corrected chi connectivity index (χ1v) is 8.92. The molecule has 0 bridgehead atoms. The molecule has 29 heavy (non-hydrogen) atoms. The van der Waals surface area contributed by atoms with Crippen LogP contribution in [0.4, 0.5) is 0 Å². The first-order valence-electron chi connectivity index (χ1n) is 8.92. The highest BCUT2D eigenvalue weighted by molar-refractivity contribution is 5.99. The molecule has 0 aliphatic rings. The zero-order valence-corrected chi connectivity index (χ0v) is 16.4. The third-order valence-electron chi connectivity index (χ3n) is 4.49. The van der Waals surface area contributed by atoms with Gasteiger partial charge in [0.25, 0.3) is 5.56 Å². The SMILES string of the molecule is COc1cc2nc(C)n(CC(=O)NCC(=O)c3ccccc3)c(=O)c2cc1OC. The van der Waals surface area contributed by atoms with E-state index in [1.807, 2.05) is 6.07 Å². The molecule has 2 aromatic carbocycles. The molecular weight excluding hydrogens is 374 g/mol. The van der Waals surface area contributed by atoms with Crippen LogP contribution in [0.15, 0.2) is 47.3 Å². The summed E-state index contributed by atoms with van der Waals surface area (Å²) in [5.74, 6) is 0.560. The van der Waals surface area contributed by atoms with Crippen LogP contribution in [0.25, 0.3) is 10.9 Å². The Hall–Kier alpha value is -3.68. The number of rotatable bonds is 7. The summed E-state index contributed by atoms with van der Waals surface area (Å²) in [6.07, 6.45) is 0. The number of aromatic nitrogens is 2. The summed E-state index contributed by atoms with van der Waals surface area (Å²) in [5, 5.41) is 2.86. The molecule has 0 atom stereocenters. The number of aryl methyl sites for hydroxylation is 1. The van der Waals surface area contributed by atoms with Crippen LogP contribution < -0.4 is 20.3 Å². The summed E-state index contributed by atoms with van der Waals surface area (Å²) in [6.45, 7) is 1.24. The molecule has 0 spiro atoms. The molecule has 1 heterocycles. The van der Waals surface area contributed by atoms with Gasteiger partial charge in [0.15, 0.2) is 17.3 Å². The summed E-state index contributed by atoms with van der Waals surface area (Å²) in [6, 6.07) is 11.8. The van der Waals surface area contributed by atoms with Gasteiger partial charge in [-0.25, -0.2) is 4.98 Å². The van der Waals surface area contributed by atoms with E-state index in [0.717, 1.165) is 0 Å². The summed E-state index contributed by atoms with van der Waals surface area (Å²) >= 11 is 0. The number of fused-ring (bicyclic) bond motifs is 1. The number of amides is 1. The van der Waals surface area contributed by atoms with Gasteiger partial charge in [0.05, 0.1) is 31.7 Å². The predicted molar refractivity (Wildman–Crippen MR) is 108 cm³/mol.